The van der Waals surface area contributed by atoms with Gasteiger partial charge in [-0.05, 0) is 51.0 Å². The molecule has 2 aromatic carbocycles. The second kappa shape index (κ2) is 10.6. The summed E-state index contributed by atoms with van der Waals surface area (Å²) in [6.07, 6.45) is 1.67. The summed E-state index contributed by atoms with van der Waals surface area (Å²) in [5, 5.41) is 10.1. The first kappa shape index (κ1) is 27.1. The van der Waals surface area contributed by atoms with E-state index in [4.69, 9.17) is 16.3 Å². The van der Waals surface area contributed by atoms with Crippen molar-refractivity contribution in [3.63, 3.8) is 0 Å². The van der Waals surface area contributed by atoms with Crippen LogP contribution in [0.1, 0.15) is 26.7 Å². The summed E-state index contributed by atoms with van der Waals surface area (Å²) in [5.74, 6) is -1.12. The number of aliphatic hydroxyl groups excluding tert-OH is 1. The van der Waals surface area contributed by atoms with Crippen molar-refractivity contribution in [2.75, 3.05) is 24.6 Å². The molecule has 5 rings (SSSR count). The number of benzene rings is 2. The maximum atomic E-state index is 15.0. The van der Waals surface area contributed by atoms with E-state index in [0.29, 0.717) is 42.7 Å². The summed E-state index contributed by atoms with van der Waals surface area (Å²) in [6.45, 7) is 8.38. The first-order valence-corrected chi connectivity index (χ1v) is 13.2. The van der Waals surface area contributed by atoms with Crippen LogP contribution < -0.4 is 15.3 Å². The molecule has 3 atom stereocenters. The van der Waals surface area contributed by atoms with E-state index in [1.165, 1.54) is 16.7 Å². The molecule has 1 amide bonds. The number of ether oxygens (including phenoxy) is 1. The molecule has 0 aliphatic carbocycles. The quantitative estimate of drug-likeness (QED) is 0.458. The van der Waals surface area contributed by atoms with Crippen LogP contribution in [-0.4, -0.2) is 63.3 Å². The first-order valence-electron chi connectivity index (χ1n) is 12.8. The molecule has 1 saturated heterocycles. The Morgan fingerprint density at radius 2 is 2.00 bits per heavy atom. The molecule has 1 fully saturated rings. The van der Waals surface area contributed by atoms with Gasteiger partial charge in [0.05, 0.1) is 17.1 Å². The van der Waals surface area contributed by atoms with Crippen molar-refractivity contribution in [3.8, 4) is 16.9 Å². The highest BCUT2D eigenvalue weighted by Crippen LogP contribution is 2.47. The summed E-state index contributed by atoms with van der Waals surface area (Å²) < 4.78 is 36.6. The van der Waals surface area contributed by atoms with Gasteiger partial charge >= 0.3 is 5.69 Å². The van der Waals surface area contributed by atoms with Gasteiger partial charge in [-0.2, -0.15) is 4.98 Å². The Balaban J connectivity index is 1.72. The van der Waals surface area contributed by atoms with Crippen molar-refractivity contribution in [1.29, 1.82) is 0 Å². The van der Waals surface area contributed by atoms with Crippen molar-refractivity contribution >= 4 is 34.2 Å². The molecule has 2 aliphatic rings. The maximum Gasteiger partial charge on any atom is 0.350 e. The molecule has 0 spiro atoms. The van der Waals surface area contributed by atoms with Crippen molar-refractivity contribution < 1.29 is 23.4 Å². The number of carbonyl (C=O) groups excluding carboxylic acids is 1. The van der Waals surface area contributed by atoms with Crippen LogP contribution in [0.4, 0.5) is 14.6 Å². The molecule has 39 heavy (non-hydrogen) atoms. The minimum Gasteiger partial charge on any atom is -0.486 e. The van der Waals surface area contributed by atoms with E-state index in [1.807, 2.05) is 18.7 Å². The first-order chi connectivity index (χ1) is 18.6. The molecule has 1 aromatic heterocycles. The number of hydrogen-bond acceptors (Lipinski definition) is 6. The third-order valence-corrected chi connectivity index (χ3v) is 7.72. The number of anilines is 1. The third-order valence-electron chi connectivity index (χ3n) is 7.42. The van der Waals surface area contributed by atoms with Gasteiger partial charge in [0.1, 0.15) is 23.6 Å². The van der Waals surface area contributed by atoms with E-state index in [1.54, 1.807) is 11.0 Å². The number of amides is 1. The average Bonchev–Trinajstić information content (AvgIpc) is 2.90. The average molecular weight is 559 g/mol. The molecular formula is C28H29ClF2N4O4. The largest absolute Gasteiger partial charge is 0.486 e. The molecule has 0 unspecified atom stereocenters. The van der Waals surface area contributed by atoms with Crippen LogP contribution in [0.3, 0.4) is 0 Å². The minimum atomic E-state index is -0.817. The van der Waals surface area contributed by atoms with E-state index >= 15 is 4.39 Å². The molecule has 11 heteroatoms. The lowest BCUT2D eigenvalue weighted by Gasteiger charge is -2.44. The van der Waals surface area contributed by atoms with Gasteiger partial charge in [0.15, 0.2) is 5.75 Å². The van der Waals surface area contributed by atoms with Crippen LogP contribution in [0.2, 0.25) is 5.02 Å². The fourth-order valence-corrected chi connectivity index (χ4v) is 5.83. The Hall–Kier alpha value is -3.50. The highest BCUT2D eigenvalue weighted by Gasteiger charge is 2.36. The highest BCUT2D eigenvalue weighted by atomic mass is 35.5. The van der Waals surface area contributed by atoms with E-state index in [9.17, 15) is 19.1 Å². The van der Waals surface area contributed by atoms with E-state index in [2.05, 4.69) is 11.6 Å². The predicted octanol–water partition coefficient (Wildman–Crippen LogP) is 4.14. The van der Waals surface area contributed by atoms with Gasteiger partial charge in [0.2, 0.25) is 5.91 Å². The number of carbonyl (C=O) groups is 1. The van der Waals surface area contributed by atoms with Crippen LogP contribution in [0.25, 0.3) is 22.0 Å². The van der Waals surface area contributed by atoms with Crippen molar-refractivity contribution in [2.24, 2.45) is 0 Å². The molecular weight excluding hydrogens is 530 g/mol. The second-order valence-corrected chi connectivity index (χ2v) is 10.5. The summed E-state index contributed by atoms with van der Waals surface area (Å²) in [4.78, 5) is 34.0. The summed E-state index contributed by atoms with van der Waals surface area (Å²) >= 11 is 6.78. The number of aromatic nitrogens is 2. The van der Waals surface area contributed by atoms with Gasteiger partial charge in [-0.25, -0.2) is 13.6 Å². The maximum absolute atomic E-state index is 15.0. The third kappa shape index (κ3) is 4.76. The summed E-state index contributed by atoms with van der Waals surface area (Å²) in [6, 6.07) is 4.46. The van der Waals surface area contributed by atoms with Gasteiger partial charge in [-0.3, -0.25) is 9.36 Å². The topological polar surface area (TPSA) is 87.9 Å². The molecule has 1 N–H and O–H groups in total. The van der Waals surface area contributed by atoms with Crippen molar-refractivity contribution in [1.82, 2.24) is 14.5 Å². The van der Waals surface area contributed by atoms with E-state index in [-0.39, 0.29) is 53.0 Å². The van der Waals surface area contributed by atoms with E-state index in [0.717, 1.165) is 12.1 Å². The number of nitrogens with zero attached hydrogens (tertiary/aromatic N) is 4. The molecule has 2 aliphatic heterocycles. The van der Waals surface area contributed by atoms with Crippen molar-refractivity contribution in [3.05, 3.63) is 64.1 Å². The zero-order valence-electron chi connectivity index (χ0n) is 21.7. The molecule has 8 nitrogen and oxygen atoms in total. The molecule has 0 radical (unpaired) electrons. The number of hydrogen-bond donors (Lipinski definition) is 1. The van der Waals surface area contributed by atoms with Gasteiger partial charge in [-0.1, -0.05) is 18.2 Å². The highest BCUT2D eigenvalue weighted by molar-refractivity contribution is 6.35. The van der Waals surface area contributed by atoms with Crippen LogP contribution in [0, 0.1) is 11.6 Å². The molecule has 206 valence electrons. The lowest BCUT2D eigenvalue weighted by atomic mass is 9.99. The number of aliphatic hydroxyl groups is 1. The number of rotatable bonds is 6. The van der Waals surface area contributed by atoms with Crippen LogP contribution in [0.15, 0.2) is 41.7 Å². The minimum absolute atomic E-state index is 0.0389. The molecule has 3 aromatic rings. The molecule has 0 saturated carbocycles. The molecule has 0 bridgehead atoms. The van der Waals surface area contributed by atoms with Gasteiger partial charge < -0.3 is 19.6 Å². The zero-order chi connectivity index (χ0) is 28.0. The Kier molecular flexibility index (Phi) is 7.35. The predicted molar refractivity (Wildman–Crippen MR) is 145 cm³/mol. The van der Waals surface area contributed by atoms with Crippen LogP contribution in [-0.2, 0) is 11.3 Å². The molecule has 3 heterocycles. The summed E-state index contributed by atoms with van der Waals surface area (Å²) in [7, 11) is 0. The number of piperazine rings is 1. The fraction of sp³-hybridized carbons (Fsp3) is 0.393. The standard InChI is InChI=1S/C28H29ClF2N4O4/c1-4-23(37)33-12-16(3)34(13-15(33)2)27-20-11-21(29)24(19-8-7-17(30)10-22(19)31)26-25(20)35(28(38)32-27)14-18(39-26)6-5-9-36/h4,7-8,10-11,15-16,18,36H,1,5-6,9,12-14H2,2-3H3/t15-,16+,18+/m1/s1. The normalized spacial score (nSPS) is 20.7. The SMILES string of the molecule is C=CC(=O)N1C[C@H](C)N(c2nc(=O)n3c4c(c(-c5ccc(F)cc5F)c(Cl)cc24)O[C@@H](CCCO)C3)C[C@H]1C. The Labute approximate surface area is 229 Å². The fourth-order valence-electron chi connectivity index (χ4n) is 5.53. The van der Waals surface area contributed by atoms with Crippen LogP contribution >= 0.6 is 11.6 Å². The lowest BCUT2D eigenvalue weighted by Crippen LogP contribution is -2.58. The van der Waals surface area contributed by atoms with Gasteiger partial charge in [0.25, 0.3) is 0 Å². The Morgan fingerprint density at radius 3 is 2.69 bits per heavy atom. The number of halogens is 3. The van der Waals surface area contributed by atoms with Gasteiger partial charge in [0, 0.05) is 54.4 Å². The zero-order valence-corrected chi connectivity index (χ0v) is 22.4. The Bertz CT molecular complexity index is 1530. The Morgan fingerprint density at radius 1 is 1.23 bits per heavy atom. The van der Waals surface area contributed by atoms with Crippen LogP contribution in [0.5, 0.6) is 5.75 Å². The summed E-state index contributed by atoms with van der Waals surface area (Å²) in [5.41, 5.74) is 0.159. The van der Waals surface area contributed by atoms with Gasteiger partial charge in [-0.15, -0.1) is 0 Å². The second-order valence-electron chi connectivity index (χ2n) is 10.1. The van der Waals surface area contributed by atoms with Crippen molar-refractivity contribution in [2.45, 2.75) is 51.4 Å². The monoisotopic (exact) mass is 558 g/mol. The lowest BCUT2D eigenvalue weighted by molar-refractivity contribution is -0.128. The van der Waals surface area contributed by atoms with E-state index < -0.39 is 23.4 Å². The smallest absolute Gasteiger partial charge is 0.350 e.